The van der Waals surface area contributed by atoms with Crippen molar-refractivity contribution in [3.8, 4) is 5.75 Å². The molecule has 0 fully saturated rings. The summed E-state index contributed by atoms with van der Waals surface area (Å²) in [5.41, 5.74) is 0.184. The molecule has 0 saturated carbocycles. The van der Waals surface area contributed by atoms with E-state index in [9.17, 15) is 18.3 Å². The lowest BCUT2D eigenvalue weighted by molar-refractivity contribution is -0.275. The predicted octanol–water partition coefficient (Wildman–Crippen LogP) is 4.05. The average molecular weight is 262 g/mol. The first-order valence-electron chi connectivity index (χ1n) is 5.91. The number of ether oxygens (including phenoxy) is 1. The molecule has 1 atom stereocenters. The maximum atomic E-state index is 12.2. The number of halogens is 3. The minimum atomic E-state index is -4.75. The van der Waals surface area contributed by atoms with E-state index in [2.05, 4.69) is 4.74 Å². The zero-order chi connectivity index (χ0) is 13.8. The predicted molar refractivity (Wildman–Crippen MR) is 62.2 cm³/mol. The molecule has 1 aromatic carbocycles. The van der Waals surface area contributed by atoms with Crippen LogP contribution in [0.25, 0.3) is 0 Å². The largest absolute Gasteiger partial charge is 0.573 e. The summed E-state index contributed by atoms with van der Waals surface area (Å²) >= 11 is 0. The fraction of sp³-hybridized carbons (Fsp3) is 0.538. The molecule has 0 saturated heterocycles. The van der Waals surface area contributed by atoms with Crippen molar-refractivity contribution in [1.82, 2.24) is 0 Å². The number of hydrogen-bond donors (Lipinski definition) is 1. The summed E-state index contributed by atoms with van der Waals surface area (Å²) < 4.78 is 40.7. The van der Waals surface area contributed by atoms with Gasteiger partial charge in [0.2, 0.25) is 0 Å². The maximum Gasteiger partial charge on any atom is 0.573 e. The first-order chi connectivity index (χ1) is 8.39. The Hall–Kier alpha value is -1.23. The maximum absolute atomic E-state index is 12.2. The van der Waals surface area contributed by atoms with Gasteiger partial charge in [-0.2, -0.15) is 0 Å². The van der Waals surface area contributed by atoms with Gasteiger partial charge in [0, 0.05) is 5.56 Å². The smallest absolute Gasteiger partial charge is 0.405 e. The number of hydrogen-bond acceptors (Lipinski definition) is 2. The molecule has 0 aliphatic heterocycles. The molecular formula is C13H17F3O2. The molecule has 5 heteroatoms. The topological polar surface area (TPSA) is 29.5 Å². The van der Waals surface area contributed by atoms with E-state index in [-0.39, 0.29) is 17.2 Å². The highest BCUT2D eigenvalue weighted by atomic mass is 19.4. The third kappa shape index (κ3) is 3.91. The Labute approximate surface area is 104 Å². The van der Waals surface area contributed by atoms with Crippen molar-refractivity contribution >= 4 is 0 Å². The van der Waals surface area contributed by atoms with Crippen LogP contribution >= 0.6 is 0 Å². The Kier molecular flexibility index (Phi) is 5.02. The summed E-state index contributed by atoms with van der Waals surface area (Å²) in [6.45, 7) is 3.79. The van der Waals surface area contributed by atoms with Crippen LogP contribution in [-0.4, -0.2) is 11.5 Å². The highest BCUT2D eigenvalue weighted by Crippen LogP contribution is 2.35. The fourth-order valence-corrected chi connectivity index (χ4v) is 1.93. The number of aliphatic hydroxyl groups is 1. The Morgan fingerprint density at radius 3 is 2.22 bits per heavy atom. The van der Waals surface area contributed by atoms with Crippen LogP contribution in [0.1, 0.15) is 38.4 Å². The van der Waals surface area contributed by atoms with E-state index < -0.39 is 12.5 Å². The van der Waals surface area contributed by atoms with Crippen molar-refractivity contribution in [2.75, 3.05) is 0 Å². The minimum Gasteiger partial charge on any atom is -0.405 e. The summed E-state index contributed by atoms with van der Waals surface area (Å²) in [5, 5.41) is 10.1. The minimum absolute atomic E-state index is 0.0806. The second kappa shape index (κ2) is 6.09. The molecule has 1 aromatic rings. The molecule has 0 spiro atoms. The van der Waals surface area contributed by atoms with Crippen LogP contribution < -0.4 is 4.74 Å². The van der Waals surface area contributed by atoms with E-state index in [1.807, 2.05) is 13.8 Å². The van der Waals surface area contributed by atoms with Gasteiger partial charge in [-0.05, 0) is 12.0 Å². The number of para-hydroxylation sites is 1. The van der Waals surface area contributed by atoms with Gasteiger partial charge < -0.3 is 9.84 Å². The number of alkyl halides is 3. The standard InChI is InChI=1S/C13H17F3O2/c1-3-9(4-2)12(17)10-7-5-6-8-11(10)18-13(14,15)16/h5-9,12,17H,3-4H2,1-2H3. The second-order valence-corrected chi connectivity index (χ2v) is 4.11. The Morgan fingerprint density at radius 1 is 1.17 bits per heavy atom. The van der Waals surface area contributed by atoms with Crippen molar-refractivity contribution in [3.05, 3.63) is 29.8 Å². The van der Waals surface area contributed by atoms with Crippen molar-refractivity contribution in [3.63, 3.8) is 0 Å². The van der Waals surface area contributed by atoms with Gasteiger partial charge in [-0.1, -0.05) is 44.9 Å². The quantitative estimate of drug-likeness (QED) is 0.867. The molecule has 0 aliphatic carbocycles. The zero-order valence-corrected chi connectivity index (χ0v) is 10.4. The monoisotopic (exact) mass is 262 g/mol. The van der Waals surface area contributed by atoms with Gasteiger partial charge in [-0.3, -0.25) is 0 Å². The Morgan fingerprint density at radius 2 is 1.72 bits per heavy atom. The molecule has 0 radical (unpaired) electrons. The Bertz CT molecular complexity index is 373. The molecule has 0 aliphatic rings. The highest BCUT2D eigenvalue weighted by Gasteiger charge is 2.33. The second-order valence-electron chi connectivity index (χ2n) is 4.11. The van der Waals surface area contributed by atoms with Gasteiger partial charge in [0.25, 0.3) is 0 Å². The number of rotatable bonds is 5. The lowest BCUT2D eigenvalue weighted by Crippen LogP contribution is -2.20. The summed E-state index contributed by atoms with van der Waals surface area (Å²) in [4.78, 5) is 0. The van der Waals surface area contributed by atoms with Gasteiger partial charge in [0.05, 0.1) is 6.10 Å². The molecule has 102 valence electrons. The van der Waals surface area contributed by atoms with Crippen molar-refractivity contribution in [2.24, 2.45) is 5.92 Å². The van der Waals surface area contributed by atoms with Gasteiger partial charge in [-0.15, -0.1) is 13.2 Å². The number of benzene rings is 1. The fourth-order valence-electron chi connectivity index (χ4n) is 1.93. The summed E-state index contributed by atoms with van der Waals surface area (Å²) in [7, 11) is 0. The normalized spacial score (nSPS) is 13.7. The van der Waals surface area contributed by atoms with Crippen LogP contribution in [-0.2, 0) is 0 Å². The van der Waals surface area contributed by atoms with Gasteiger partial charge in [-0.25, -0.2) is 0 Å². The molecule has 1 unspecified atom stereocenters. The van der Waals surface area contributed by atoms with E-state index in [1.165, 1.54) is 18.2 Å². The van der Waals surface area contributed by atoms with Crippen molar-refractivity contribution < 1.29 is 23.0 Å². The van der Waals surface area contributed by atoms with E-state index in [4.69, 9.17) is 0 Å². The van der Waals surface area contributed by atoms with Gasteiger partial charge in [0.1, 0.15) is 5.75 Å². The van der Waals surface area contributed by atoms with Gasteiger partial charge >= 0.3 is 6.36 Å². The summed E-state index contributed by atoms with van der Waals surface area (Å²) in [6.07, 6.45) is -4.31. The van der Waals surface area contributed by atoms with Crippen LogP contribution in [0, 0.1) is 5.92 Å². The van der Waals surface area contributed by atoms with Crippen LogP contribution in [0.3, 0.4) is 0 Å². The molecule has 0 aromatic heterocycles. The lowest BCUT2D eigenvalue weighted by Gasteiger charge is -2.23. The zero-order valence-electron chi connectivity index (χ0n) is 10.4. The van der Waals surface area contributed by atoms with Crippen LogP contribution in [0.15, 0.2) is 24.3 Å². The van der Waals surface area contributed by atoms with Crippen molar-refractivity contribution in [2.45, 2.75) is 39.2 Å². The molecule has 1 N–H and O–H groups in total. The third-order valence-electron chi connectivity index (χ3n) is 2.96. The first kappa shape index (κ1) is 14.8. The highest BCUT2D eigenvalue weighted by molar-refractivity contribution is 5.35. The molecule has 0 amide bonds. The van der Waals surface area contributed by atoms with Crippen molar-refractivity contribution in [1.29, 1.82) is 0 Å². The number of aliphatic hydroxyl groups excluding tert-OH is 1. The Balaban J connectivity index is 3.01. The summed E-state index contributed by atoms with van der Waals surface area (Å²) in [5.74, 6) is -0.410. The van der Waals surface area contributed by atoms with E-state index in [0.29, 0.717) is 12.8 Å². The van der Waals surface area contributed by atoms with E-state index in [0.717, 1.165) is 0 Å². The lowest BCUT2D eigenvalue weighted by atomic mass is 9.91. The molecule has 18 heavy (non-hydrogen) atoms. The molecule has 0 bridgehead atoms. The molecule has 0 heterocycles. The SMILES string of the molecule is CCC(CC)C(O)c1ccccc1OC(F)(F)F. The van der Waals surface area contributed by atoms with Crippen LogP contribution in [0.5, 0.6) is 5.75 Å². The first-order valence-corrected chi connectivity index (χ1v) is 5.91. The van der Waals surface area contributed by atoms with Crippen LogP contribution in [0.4, 0.5) is 13.2 Å². The summed E-state index contributed by atoms with van der Waals surface area (Å²) in [6, 6.07) is 5.72. The van der Waals surface area contributed by atoms with E-state index in [1.54, 1.807) is 6.07 Å². The molecule has 1 rings (SSSR count). The molecular weight excluding hydrogens is 245 g/mol. The molecule has 2 nitrogen and oxygen atoms in total. The third-order valence-corrected chi connectivity index (χ3v) is 2.96. The van der Waals surface area contributed by atoms with E-state index >= 15 is 0 Å². The van der Waals surface area contributed by atoms with Gasteiger partial charge in [0.15, 0.2) is 0 Å². The van der Waals surface area contributed by atoms with Crippen LogP contribution in [0.2, 0.25) is 0 Å². The average Bonchev–Trinajstić information content (AvgIpc) is 2.29.